The zero-order chi connectivity index (χ0) is 12.5. The largest absolute Gasteiger partial charge is 0.478 e. The van der Waals surface area contributed by atoms with Gasteiger partial charge in [0, 0.05) is 5.41 Å². The molecular weight excluding hydrogens is 219 g/mol. The van der Waals surface area contributed by atoms with Crippen LogP contribution in [0.15, 0.2) is 24.3 Å². The lowest BCUT2D eigenvalue weighted by Gasteiger charge is -2.31. The fourth-order valence-electron chi connectivity index (χ4n) is 2.88. The van der Waals surface area contributed by atoms with Gasteiger partial charge >= 0.3 is 5.97 Å². The Morgan fingerprint density at radius 1 is 1.41 bits per heavy atom. The van der Waals surface area contributed by atoms with Gasteiger partial charge < -0.3 is 5.11 Å². The van der Waals surface area contributed by atoms with Crippen LogP contribution >= 0.6 is 0 Å². The second-order valence-corrected chi connectivity index (χ2v) is 4.87. The quantitative estimate of drug-likeness (QED) is 0.871. The molecule has 0 spiro atoms. The molecule has 17 heavy (non-hydrogen) atoms. The van der Waals surface area contributed by atoms with Crippen LogP contribution in [0.2, 0.25) is 0 Å². The van der Waals surface area contributed by atoms with Crippen LogP contribution in [0.25, 0.3) is 0 Å². The van der Waals surface area contributed by atoms with Crippen molar-refractivity contribution >= 4 is 5.97 Å². The Morgan fingerprint density at radius 3 is 2.59 bits per heavy atom. The molecule has 0 bridgehead atoms. The van der Waals surface area contributed by atoms with E-state index in [9.17, 15) is 9.18 Å². The van der Waals surface area contributed by atoms with E-state index in [-0.39, 0.29) is 5.56 Å². The van der Waals surface area contributed by atoms with Crippen LogP contribution in [0.4, 0.5) is 4.39 Å². The smallest absolute Gasteiger partial charge is 0.335 e. The molecule has 1 aromatic carbocycles. The van der Waals surface area contributed by atoms with Gasteiger partial charge in [0.2, 0.25) is 0 Å². The van der Waals surface area contributed by atoms with Crippen LogP contribution in [0.1, 0.15) is 48.5 Å². The van der Waals surface area contributed by atoms with E-state index in [4.69, 9.17) is 5.11 Å². The lowest BCUT2D eigenvalue weighted by Crippen LogP contribution is -2.32. The monoisotopic (exact) mass is 236 g/mol. The molecule has 1 atom stereocenters. The van der Waals surface area contributed by atoms with Gasteiger partial charge in [-0.1, -0.05) is 25.0 Å². The average Bonchev–Trinajstić information content (AvgIpc) is 2.79. The molecule has 0 heterocycles. The van der Waals surface area contributed by atoms with Crippen molar-refractivity contribution in [2.75, 3.05) is 0 Å². The molecule has 0 saturated heterocycles. The minimum Gasteiger partial charge on any atom is -0.478 e. The molecule has 1 fully saturated rings. The molecule has 2 rings (SSSR count). The second kappa shape index (κ2) is 4.47. The molecule has 3 heteroatoms. The van der Waals surface area contributed by atoms with Gasteiger partial charge in [0.05, 0.1) is 5.56 Å². The summed E-state index contributed by atoms with van der Waals surface area (Å²) in [5.74, 6) is -0.952. The van der Waals surface area contributed by atoms with Crippen LogP contribution in [0.5, 0.6) is 0 Å². The summed E-state index contributed by atoms with van der Waals surface area (Å²) in [6.07, 6.45) is 2.73. The van der Waals surface area contributed by atoms with Crippen LogP contribution < -0.4 is 0 Å². The molecule has 0 aliphatic heterocycles. The molecule has 1 aromatic rings. The van der Waals surface area contributed by atoms with E-state index in [1.165, 1.54) is 0 Å². The highest BCUT2D eigenvalue weighted by Crippen LogP contribution is 2.45. The Kier molecular flexibility index (Phi) is 3.18. The third kappa shape index (κ3) is 2.06. The summed E-state index contributed by atoms with van der Waals surface area (Å²) < 4.78 is 13.9. The summed E-state index contributed by atoms with van der Waals surface area (Å²) >= 11 is 0. The zero-order valence-corrected chi connectivity index (χ0v) is 9.95. The van der Waals surface area contributed by atoms with Crippen molar-refractivity contribution in [3.63, 3.8) is 0 Å². The topological polar surface area (TPSA) is 37.3 Å². The van der Waals surface area contributed by atoms with Gasteiger partial charge in [0.1, 0.15) is 6.17 Å². The Balaban J connectivity index is 2.43. The summed E-state index contributed by atoms with van der Waals surface area (Å²) in [7, 11) is 0. The van der Waals surface area contributed by atoms with Crippen LogP contribution in [-0.2, 0) is 5.41 Å². The van der Waals surface area contributed by atoms with Crippen LogP contribution in [0, 0.1) is 0 Å². The van der Waals surface area contributed by atoms with Gasteiger partial charge in [0.25, 0.3) is 0 Å². The molecule has 0 amide bonds. The summed E-state index contributed by atoms with van der Waals surface area (Å²) in [6, 6.07) is 6.75. The Bertz CT molecular complexity index is 420. The summed E-state index contributed by atoms with van der Waals surface area (Å²) in [5.41, 5.74) is 0.616. The van der Waals surface area contributed by atoms with Crippen molar-refractivity contribution in [2.24, 2.45) is 0 Å². The van der Waals surface area contributed by atoms with E-state index in [0.717, 1.165) is 31.2 Å². The highest BCUT2D eigenvalue weighted by Gasteiger charge is 2.41. The first kappa shape index (κ1) is 12.1. The lowest BCUT2D eigenvalue weighted by atomic mass is 9.75. The van der Waals surface area contributed by atoms with Gasteiger partial charge in [-0.25, -0.2) is 9.18 Å². The normalized spacial score (nSPS) is 20.1. The number of carboxylic acid groups (broad SMARTS) is 1. The summed E-state index contributed by atoms with van der Waals surface area (Å²) in [4.78, 5) is 10.9. The Hall–Kier alpha value is -1.38. The van der Waals surface area contributed by atoms with Gasteiger partial charge in [-0.3, -0.25) is 0 Å². The number of hydrogen-bond acceptors (Lipinski definition) is 1. The van der Waals surface area contributed by atoms with Crippen LogP contribution in [-0.4, -0.2) is 17.2 Å². The number of hydrogen-bond donors (Lipinski definition) is 1. The Labute approximate surface area is 100 Å². The maximum absolute atomic E-state index is 13.9. The first-order valence-corrected chi connectivity index (χ1v) is 6.04. The van der Waals surface area contributed by atoms with Gasteiger partial charge in [-0.15, -0.1) is 0 Å². The van der Waals surface area contributed by atoms with E-state index in [1.807, 2.05) is 6.07 Å². The first-order chi connectivity index (χ1) is 8.06. The molecule has 0 radical (unpaired) electrons. The number of rotatable bonds is 3. The maximum atomic E-state index is 13.9. The molecule has 1 N–H and O–H groups in total. The lowest BCUT2D eigenvalue weighted by molar-refractivity contribution is 0.0696. The van der Waals surface area contributed by atoms with Crippen molar-refractivity contribution in [3.05, 3.63) is 35.4 Å². The summed E-state index contributed by atoms with van der Waals surface area (Å²) in [5, 5.41) is 8.98. The van der Waals surface area contributed by atoms with Gasteiger partial charge in [-0.05, 0) is 37.5 Å². The molecular formula is C14H17FO2. The fourth-order valence-corrected chi connectivity index (χ4v) is 2.88. The number of carboxylic acids is 1. The van der Waals surface area contributed by atoms with Gasteiger partial charge in [0.15, 0.2) is 0 Å². The molecule has 0 aromatic heterocycles. The SMILES string of the molecule is CC(F)C1(c2cccc(C(=O)O)c2)CCCC1. The standard InChI is InChI=1S/C14H17FO2/c1-10(15)14(7-2-3-8-14)12-6-4-5-11(9-12)13(16)17/h4-6,9-10H,2-3,7-8H2,1H3,(H,16,17). The molecule has 1 aliphatic rings. The molecule has 1 aliphatic carbocycles. The van der Waals surface area contributed by atoms with Gasteiger partial charge in [-0.2, -0.15) is 0 Å². The number of carbonyl (C=O) groups is 1. The maximum Gasteiger partial charge on any atom is 0.335 e. The van der Waals surface area contributed by atoms with E-state index in [0.29, 0.717) is 0 Å². The van der Waals surface area contributed by atoms with Crippen molar-refractivity contribution in [2.45, 2.75) is 44.2 Å². The minimum absolute atomic E-state index is 0.245. The Morgan fingerprint density at radius 2 is 2.06 bits per heavy atom. The molecule has 92 valence electrons. The first-order valence-electron chi connectivity index (χ1n) is 6.04. The predicted octanol–water partition coefficient (Wildman–Crippen LogP) is 3.55. The van der Waals surface area contributed by atoms with Crippen LogP contribution in [0.3, 0.4) is 0 Å². The zero-order valence-electron chi connectivity index (χ0n) is 9.95. The number of halogens is 1. The summed E-state index contributed by atoms with van der Waals surface area (Å²) in [6.45, 7) is 1.58. The third-order valence-corrected chi connectivity index (χ3v) is 3.94. The van der Waals surface area contributed by atoms with E-state index >= 15 is 0 Å². The predicted molar refractivity (Wildman–Crippen MR) is 64.1 cm³/mol. The second-order valence-electron chi connectivity index (χ2n) is 4.87. The van der Waals surface area contributed by atoms with Crippen molar-refractivity contribution < 1.29 is 14.3 Å². The van der Waals surface area contributed by atoms with E-state index in [2.05, 4.69) is 0 Å². The third-order valence-electron chi connectivity index (χ3n) is 3.94. The minimum atomic E-state index is -0.952. The highest BCUT2D eigenvalue weighted by atomic mass is 19.1. The highest BCUT2D eigenvalue weighted by molar-refractivity contribution is 5.87. The number of alkyl halides is 1. The van der Waals surface area contributed by atoms with E-state index < -0.39 is 17.6 Å². The van der Waals surface area contributed by atoms with E-state index in [1.54, 1.807) is 25.1 Å². The van der Waals surface area contributed by atoms with Crippen molar-refractivity contribution in [3.8, 4) is 0 Å². The fraction of sp³-hybridized carbons (Fsp3) is 0.500. The number of benzene rings is 1. The molecule has 1 saturated carbocycles. The average molecular weight is 236 g/mol. The van der Waals surface area contributed by atoms with Crippen molar-refractivity contribution in [1.82, 2.24) is 0 Å². The number of aromatic carboxylic acids is 1. The molecule has 2 nitrogen and oxygen atoms in total. The van der Waals surface area contributed by atoms with Crippen molar-refractivity contribution in [1.29, 1.82) is 0 Å². The molecule has 1 unspecified atom stereocenters.